The molecule has 3 unspecified atom stereocenters. The van der Waals surface area contributed by atoms with Gasteiger partial charge in [-0.3, -0.25) is 19.2 Å². The maximum atomic E-state index is 12.4. The normalized spacial score (nSPS) is 19.1. The average molecular weight is 556 g/mol. The first kappa shape index (κ1) is 34.9. The standard InChI is InChI=1S/C30H53NO8/c1-6-14-22(39-26(34)18-24(28(37)38)23(27(35)36)17-25(32)33)16-13-11-9-7-8-10-12-15-21-19-29(2,3)31-30(4,5)20-21/h21-24,31H,6-20H2,1-5H3,(H,32,33)(H,35,36)(H,37,38). The monoisotopic (exact) mass is 555 g/mol. The van der Waals surface area contributed by atoms with E-state index in [4.69, 9.17) is 9.84 Å². The molecule has 9 nitrogen and oxygen atoms in total. The SMILES string of the molecule is CCCC(CCCCCCCCCC1CC(C)(C)NC(C)(C)C1)OC(=O)CC(C(=O)O)C(CC(=O)O)C(=O)O. The van der Waals surface area contributed by atoms with Crippen LogP contribution in [0.1, 0.15) is 131 Å². The molecular formula is C30H53NO8. The molecular weight excluding hydrogens is 502 g/mol. The zero-order valence-corrected chi connectivity index (χ0v) is 24.8. The fourth-order valence-electron chi connectivity index (χ4n) is 6.42. The van der Waals surface area contributed by atoms with Gasteiger partial charge in [-0.05, 0) is 65.7 Å². The van der Waals surface area contributed by atoms with Crippen molar-refractivity contribution in [2.24, 2.45) is 17.8 Å². The van der Waals surface area contributed by atoms with Gasteiger partial charge < -0.3 is 25.4 Å². The lowest BCUT2D eigenvalue weighted by molar-refractivity contribution is -0.163. The maximum absolute atomic E-state index is 12.4. The first-order valence-electron chi connectivity index (χ1n) is 14.8. The minimum absolute atomic E-state index is 0.204. The highest BCUT2D eigenvalue weighted by atomic mass is 16.5. The Kier molecular flexibility index (Phi) is 15.0. The fraction of sp³-hybridized carbons (Fsp3) is 0.867. The summed E-state index contributed by atoms with van der Waals surface area (Å²) in [5, 5.41) is 31.4. The van der Waals surface area contributed by atoms with Crippen LogP contribution < -0.4 is 5.32 Å². The topological polar surface area (TPSA) is 150 Å². The van der Waals surface area contributed by atoms with E-state index >= 15 is 0 Å². The molecule has 9 heteroatoms. The summed E-state index contributed by atoms with van der Waals surface area (Å²) in [7, 11) is 0. The van der Waals surface area contributed by atoms with Crippen molar-refractivity contribution in [3.05, 3.63) is 0 Å². The highest BCUT2D eigenvalue weighted by Gasteiger charge is 2.38. The van der Waals surface area contributed by atoms with Crippen LogP contribution in [0.5, 0.6) is 0 Å². The number of hydrogen-bond acceptors (Lipinski definition) is 6. The van der Waals surface area contributed by atoms with Crippen LogP contribution in [0.3, 0.4) is 0 Å². The third-order valence-corrected chi connectivity index (χ3v) is 7.72. The highest BCUT2D eigenvalue weighted by molar-refractivity contribution is 5.86. The summed E-state index contributed by atoms with van der Waals surface area (Å²) in [6, 6.07) is 0. The highest BCUT2D eigenvalue weighted by Crippen LogP contribution is 2.35. The molecule has 1 aliphatic heterocycles. The zero-order chi connectivity index (χ0) is 29.6. The molecule has 1 heterocycles. The molecule has 4 N–H and O–H groups in total. The van der Waals surface area contributed by atoms with Crippen LogP contribution in [0, 0.1) is 17.8 Å². The Morgan fingerprint density at radius 3 is 1.74 bits per heavy atom. The van der Waals surface area contributed by atoms with Crippen molar-refractivity contribution >= 4 is 23.9 Å². The van der Waals surface area contributed by atoms with Crippen LogP contribution >= 0.6 is 0 Å². The number of rotatable bonds is 20. The van der Waals surface area contributed by atoms with Gasteiger partial charge in [0.2, 0.25) is 0 Å². The minimum atomic E-state index is -1.70. The van der Waals surface area contributed by atoms with Gasteiger partial charge in [-0.25, -0.2) is 0 Å². The van der Waals surface area contributed by atoms with E-state index in [1.165, 1.54) is 44.9 Å². The summed E-state index contributed by atoms with van der Waals surface area (Å²) in [5.74, 6) is -7.86. The number of hydrogen-bond donors (Lipinski definition) is 4. The number of carbonyl (C=O) groups is 4. The molecule has 0 amide bonds. The number of aliphatic carboxylic acids is 3. The zero-order valence-electron chi connectivity index (χ0n) is 24.8. The van der Waals surface area contributed by atoms with Gasteiger partial charge in [-0.1, -0.05) is 58.3 Å². The van der Waals surface area contributed by atoms with Gasteiger partial charge in [0.05, 0.1) is 24.7 Å². The van der Waals surface area contributed by atoms with Gasteiger partial charge >= 0.3 is 23.9 Å². The number of ether oxygens (including phenoxy) is 1. The average Bonchev–Trinajstić information content (AvgIpc) is 2.77. The molecule has 1 rings (SSSR count). The molecule has 3 atom stereocenters. The Morgan fingerprint density at radius 1 is 0.769 bits per heavy atom. The molecule has 0 spiro atoms. The van der Waals surface area contributed by atoms with Crippen LogP contribution in [0.25, 0.3) is 0 Å². The fourth-order valence-corrected chi connectivity index (χ4v) is 6.42. The number of piperidine rings is 1. The molecule has 0 aromatic heterocycles. The Morgan fingerprint density at radius 2 is 1.26 bits per heavy atom. The van der Waals surface area contributed by atoms with E-state index in [2.05, 4.69) is 33.0 Å². The number of carbonyl (C=O) groups excluding carboxylic acids is 1. The van der Waals surface area contributed by atoms with E-state index in [0.717, 1.165) is 31.6 Å². The van der Waals surface area contributed by atoms with Crippen molar-refractivity contribution in [3.8, 4) is 0 Å². The molecule has 1 saturated heterocycles. The van der Waals surface area contributed by atoms with Gasteiger partial charge in [0.1, 0.15) is 6.10 Å². The summed E-state index contributed by atoms with van der Waals surface area (Å²) in [4.78, 5) is 46.4. The first-order valence-corrected chi connectivity index (χ1v) is 14.8. The number of unbranched alkanes of at least 4 members (excludes halogenated alkanes) is 6. The van der Waals surface area contributed by atoms with Crippen LogP contribution in [-0.4, -0.2) is 56.4 Å². The summed E-state index contributed by atoms with van der Waals surface area (Å²) in [6.45, 7) is 11.2. The molecule has 0 aliphatic carbocycles. The van der Waals surface area contributed by atoms with E-state index in [0.29, 0.717) is 12.8 Å². The predicted octanol–water partition coefficient (Wildman–Crippen LogP) is 6.03. The van der Waals surface area contributed by atoms with Crippen molar-refractivity contribution < 1.29 is 39.2 Å². The molecule has 39 heavy (non-hydrogen) atoms. The Hall–Kier alpha value is -2.16. The third kappa shape index (κ3) is 14.7. The molecule has 0 saturated carbocycles. The second kappa shape index (κ2) is 16.8. The third-order valence-electron chi connectivity index (χ3n) is 7.72. The summed E-state index contributed by atoms with van der Waals surface area (Å²) in [6.07, 6.45) is 12.0. The lowest BCUT2D eigenvalue weighted by Gasteiger charge is -2.46. The number of esters is 1. The van der Waals surface area contributed by atoms with E-state index in [-0.39, 0.29) is 17.2 Å². The first-order chi connectivity index (χ1) is 18.2. The maximum Gasteiger partial charge on any atom is 0.307 e. The molecule has 0 aromatic rings. The van der Waals surface area contributed by atoms with Crippen LogP contribution in [-0.2, 0) is 23.9 Å². The molecule has 226 valence electrons. The Bertz CT molecular complexity index is 778. The van der Waals surface area contributed by atoms with Gasteiger partial charge in [-0.15, -0.1) is 0 Å². The number of nitrogens with one attached hydrogen (secondary N) is 1. The van der Waals surface area contributed by atoms with Crippen molar-refractivity contribution in [2.45, 2.75) is 148 Å². The van der Waals surface area contributed by atoms with E-state index < -0.39 is 48.6 Å². The predicted molar refractivity (Wildman–Crippen MR) is 149 cm³/mol. The summed E-state index contributed by atoms with van der Waals surface area (Å²) >= 11 is 0. The van der Waals surface area contributed by atoms with E-state index in [1.54, 1.807) is 0 Å². The molecule has 0 radical (unpaired) electrons. The van der Waals surface area contributed by atoms with Crippen molar-refractivity contribution in [3.63, 3.8) is 0 Å². The molecule has 0 aromatic carbocycles. The second-order valence-corrected chi connectivity index (χ2v) is 12.8. The van der Waals surface area contributed by atoms with Crippen molar-refractivity contribution in [1.82, 2.24) is 5.32 Å². The second-order valence-electron chi connectivity index (χ2n) is 12.8. The largest absolute Gasteiger partial charge is 0.481 e. The van der Waals surface area contributed by atoms with Crippen molar-refractivity contribution in [2.75, 3.05) is 0 Å². The molecule has 1 fully saturated rings. The summed E-state index contributed by atoms with van der Waals surface area (Å²) < 4.78 is 5.51. The minimum Gasteiger partial charge on any atom is -0.481 e. The van der Waals surface area contributed by atoms with Crippen LogP contribution in [0.15, 0.2) is 0 Å². The Balaban J connectivity index is 2.33. The van der Waals surface area contributed by atoms with Gasteiger partial charge in [0, 0.05) is 11.1 Å². The quantitative estimate of drug-likeness (QED) is 0.104. The van der Waals surface area contributed by atoms with Gasteiger partial charge in [0.25, 0.3) is 0 Å². The molecule has 1 aliphatic rings. The number of carboxylic acid groups (broad SMARTS) is 3. The lowest BCUT2D eigenvalue weighted by Crippen LogP contribution is -2.57. The Labute approximate surface area is 234 Å². The van der Waals surface area contributed by atoms with Gasteiger partial charge in [0.15, 0.2) is 0 Å². The lowest BCUT2D eigenvalue weighted by atomic mass is 9.74. The summed E-state index contributed by atoms with van der Waals surface area (Å²) in [5.41, 5.74) is 0.408. The van der Waals surface area contributed by atoms with E-state index in [1.807, 2.05) is 6.92 Å². The van der Waals surface area contributed by atoms with E-state index in [9.17, 15) is 29.4 Å². The van der Waals surface area contributed by atoms with Crippen LogP contribution in [0.2, 0.25) is 0 Å². The van der Waals surface area contributed by atoms with Gasteiger partial charge in [-0.2, -0.15) is 0 Å². The number of carboxylic acids is 3. The smallest absolute Gasteiger partial charge is 0.307 e. The van der Waals surface area contributed by atoms with Crippen LogP contribution in [0.4, 0.5) is 0 Å². The van der Waals surface area contributed by atoms with Crippen molar-refractivity contribution in [1.29, 1.82) is 0 Å². The molecule has 0 bridgehead atoms.